The lowest BCUT2D eigenvalue weighted by Crippen LogP contribution is -2.35. The largest absolute Gasteiger partial charge is 0.461 e. The molecule has 0 amide bonds. The molecule has 1 saturated heterocycles. The van der Waals surface area contributed by atoms with Crippen molar-refractivity contribution in [1.29, 1.82) is 0 Å². The van der Waals surface area contributed by atoms with Crippen LogP contribution in [0.25, 0.3) is 11.0 Å². The summed E-state index contributed by atoms with van der Waals surface area (Å²) < 4.78 is 22.6. The number of rotatable bonds is 15. The predicted molar refractivity (Wildman–Crippen MR) is 218 cm³/mol. The van der Waals surface area contributed by atoms with Gasteiger partial charge in [-0.3, -0.25) is 4.79 Å². The van der Waals surface area contributed by atoms with Crippen LogP contribution < -0.4 is 0 Å². The first-order chi connectivity index (χ1) is 25.9. The molecule has 1 fully saturated rings. The zero-order valence-corrected chi connectivity index (χ0v) is 33.7. The molecule has 0 N–H and O–H groups in total. The van der Waals surface area contributed by atoms with Gasteiger partial charge in [0.15, 0.2) is 0 Å². The number of fused-ring (bicyclic) bond motifs is 1. The van der Waals surface area contributed by atoms with Crippen molar-refractivity contribution in [3.05, 3.63) is 119 Å². The van der Waals surface area contributed by atoms with Crippen LogP contribution in [0.15, 0.2) is 94.9 Å². The van der Waals surface area contributed by atoms with Gasteiger partial charge >= 0.3 is 11.9 Å². The van der Waals surface area contributed by atoms with Gasteiger partial charge in [0.05, 0.1) is 12.0 Å². The SMILES string of the molecule is CCC(CC)(Cc1cc2cc(C#Cc3ccc(C)cc3)ccc2o1)C(=O)OCC1C/C(=C\CC(CC(C)C)CC(C)C)C(=O)O1.COCc1ccccc1. The molecule has 1 atom stereocenters. The van der Waals surface area contributed by atoms with Gasteiger partial charge in [0, 0.05) is 42.0 Å². The van der Waals surface area contributed by atoms with Crippen LogP contribution in [0.2, 0.25) is 0 Å². The third-order valence-electron chi connectivity index (χ3n) is 10.1. The summed E-state index contributed by atoms with van der Waals surface area (Å²) >= 11 is 0. The van der Waals surface area contributed by atoms with E-state index in [1.165, 1.54) is 11.1 Å². The summed E-state index contributed by atoms with van der Waals surface area (Å²) in [5.74, 6) is 8.43. The lowest BCUT2D eigenvalue weighted by Gasteiger charge is -2.28. The molecule has 0 aliphatic carbocycles. The average molecular weight is 733 g/mol. The highest BCUT2D eigenvalue weighted by Crippen LogP contribution is 2.35. The van der Waals surface area contributed by atoms with Crippen LogP contribution in [0, 0.1) is 41.9 Å². The van der Waals surface area contributed by atoms with Gasteiger partial charge in [-0.1, -0.05) is 107 Å². The number of ether oxygens (including phenoxy) is 3. The summed E-state index contributed by atoms with van der Waals surface area (Å²) in [6, 6.07) is 26.2. The van der Waals surface area contributed by atoms with E-state index in [0.717, 1.165) is 47.1 Å². The summed E-state index contributed by atoms with van der Waals surface area (Å²) in [4.78, 5) is 26.2. The number of allylic oxidation sites excluding steroid dienone is 1. The third-order valence-corrected chi connectivity index (χ3v) is 10.1. The smallest absolute Gasteiger partial charge is 0.334 e. The Morgan fingerprint density at radius 2 is 1.56 bits per heavy atom. The number of hydrogen-bond acceptors (Lipinski definition) is 6. The Bertz CT molecular complexity index is 1860. The summed E-state index contributed by atoms with van der Waals surface area (Å²) in [6.07, 6.45) is 6.89. The molecule has 0 bridgehead atoms. The number of carbonyl (C=O) groups excluding carboxylic acids is 2. The molecule has 2 heterocycles. The first kappa shape index (κ1) is 42.1. The van der Waals surface area contributed by atoms with Crippen molar-refractivity contribution in [3.8, 4) is 11.8 Å². The van der Waals surface area contributed by atoms with Gasteiger partial charge in [-0.25, -0.2) is 4.79 Å². The fraction of sp³-hybridized carbons (Fsp3) is 0.458. The fourth-order valence-corrected chi connectivity index (χ4v) is 7.09. The molecule has 5 rings (SSSR count). The van der Waals surface area contributed by atoms with Gasteiger partial charge in [-0.15, -0.1) is 0 Å². The number of cyclic esters (lactones) is 1. The molecule has 1 aliphatic heterocycles. The van der Waals surface area contributed by atoms with Crippen LogP contribution in [0.3, 0.4) is 0 Å². The molecule has 3 aromatic carbocycles. The van der Waals surface area contributed by atoms with Crippen molar-refractivity contribution in [3.63, 3.8) is 0 Å². The van der Waals surface area contributed by atoms with Crippen LogP contribution in [-0.4, -0.2) is 31.8 Å². The van der Waals surface area contributed by atoms with E-state index in [1.807, 2.05) is 80.6 Å². The lowest BCUT2D eigenvalue weighted by molar-refractivity contribution is -0.162. The van der Waals surface area contributed by atoms with Gasteiger partial charge in [-0.2, -0.15) is 0 Å². The number of hydrogen-bond donors (Lipinski definition) is 0. The van der Waals surface area contributed by atoms with E-state index in [0.29, 0.717) is 55.6 Å². The maximum absolute atomic E-state index is 13.5. The third kappa shape index (κ3) is 12.8. The van der Waals surface area contributed by atoms with Gasteiger partial charge in [0.2, 0.25) is 0 Å². The highest BCUT2D eigenvalue weighted by Gasteiger charge is 2.39. The summed E-state index contributed by atoms with van der Waals surface area (Å²) in [5.41, 5.74) is 5.04. The Labute approximate surface area is 323 Å². The Balaban J connectivity index is 0.000000631. The molecule has 288 valence electrons. The Hall–Kier alpha value is -4.60. The summed E-state index contributed by atoms with van der Waals surface area (Å²) in [7, 11) is 1.70. The van der Waals surface area contributed by atoms with Crippen molar-refractivity contribution >= 4 is 22.9 Å². The maximum Gasteiger partial charge on any atom is 0.334 e. The first-order valence-corrected chi connectivity index (χ1v) is 19.6. The molecule has 4 aromatic rings. The summed E-state index contributed by atoms with van der Waals surface area (Å²) in [5, 5.41) is 0.955. The monoisotopic (exact) mass is 732 g/mol. The molecule has 1 aliphatic rings. The van der Waals surface area contributed by atoms with Crippen molar-refractivity contribution in [1.82, 2.24) is 0 Å². The van der Waals surface area contributed by atoms with E-state index in [9.17, 15) is 9.59 Å². The highest BCUT2D eigenvalue weighted by atomic mass is 16.6. The molecule has 6 heteroatoms. The minimum atomic E-state index is -0.732. The van der Waals surface area contributed by atoms with E-state index in [4.69, 9.17) is 18.6 Å². The summed E-state index contributed by atoms with van der Waals surface area (Å²) in [6.45, 7) is 15.8. The van der Waals surface area contributed by atoms with Crippen molar-refractivity contribution in [2.45, 2.75) is 106 Å². The molecule has 0 spiro atoms. The van der Waals surface area contributed by atoms with Crippen LogP contribution in [0.1, 0.15) is 108 Å². The molecule has 0 saturated carbocycles. The van der Waals surface area contributed by atoms with Gasteiger partial charge < -0.3 is 18.6 Å². The zero-order chi connectivity index (χ0) is 39.1. The first-order valence-electron chi connectivity index (χ1n) is 19.6. The van der Waals surface area contributed by atoms with Gasteiger partial charge in [-0.05, 0) is 98.7 Å². The van der Waals surface area contributed by atoms with Crippen molar-refractivity contribution in [2.75, 3.05) is 13.7 Å². The standard InChI is InChI=1S/C40H50O5.C8H10O/c1-8-40(9-2,25-35-24-34-22-31(17-19-37(34)44-35)15-14-30-12-10-29(7)11-13-30)39(42)43-26-36-23-33(38(41)45-36)18-16-32(20-27(3)4)21-28(5)6;1-9-7-8-5-3-2-4-6-8/h10-13,17-19,22,24,27-28,32,36H,8-9,16,20-21,23,25-26H2,1-7H3;2-6H,7H2,1H3/b33-18+;. The number of carbonyl (C=O) groups is 2. The van der Waals surface area contributed by atoms with E-state index in [2.05, 4.69) is 64.7 Å². The minimum Gasteiger partial charge on any atom is -0.461 e. The van der Waals surface area contributed by atoms with Crippen molar-refractivity contribution < 1.29 is 28.2 Å². The number of methoxy groups -OCH3 is 1. The Morgan fingerprint density at radius 1 is 0.907 bits per heavy atom. The molecular formula is C48H60O6. The van der Waals surface area contributed by atoms with E-state index < -0.39 is 11.5 Å². The Morgan fingerprint density at radius 3 is 2.19 bits per heavy atom. The molecular weight excluding hydrogens is 673 g/mol. The molecule has 0 radical (unpaired) electrons. The second-order valence-electron chi connectivity index (χ2n) is 15.6. The predicted octanol–water partition coefficient (Wildman–Crippen LogP) is 11.2. The molecule has 54 heavy (non-hydrogen) atoms. The molecule has 1 unspecified atom stereocenters. The van der Waals surface area contributed by atoms with E-state index >= 15 is 0 Å². The van der Waals surface area contributed by atoms with E-state index in [-0.39, 0.29) is 18.5 Å². The highest BCUT2D eigenvalue weighted by molar-refractivity contribution is 5.90. The topological polar surface area (TPSA) is 75.0 Å². The van der Waals surface area contributed by atoms with Crippen molar-refractivity contribution in [2.24, 2.45) is 23.2 Å². The lowest BCUT2D eigenvalue weighted by atomic mass is 9.78. The van der Waals surface area contributed by atoms with Crippen LogP contribution >= 0.6 is 0 Å². The number of benzene rings is 3. The van der Waals surface area contributed by atoms with E-state index in [1.54, 1.807) is 7.11 Å². The zero-order valence-electron chi connectivity index (χ0n) is 33.7. The van der Waals surface area contributed by atoms with Crippen LogP contribution in [0.5, 0.6) is 0 Å². The second-order valence-corrected chi connectivity index (χ2v) is 15.6. The molecule has 6 nitrogen and oxygen atoms in total. The number of furan rings is 1. The van der Waals surface area contributed by atoms with Gasteiger partial charge in [0.1, 0.15) is 24.1 Å². The average Bonchev–Trinajstić information content (AvgIpc) is 3.73. The Kier molecular flexibility index (Phi) is 16.2. The van der Waals surface area contributed by atoms with Crippen LogP contribution in [-0.2, 0) is 36.8 Å². The van der Waals surface area contributed by atoms with Gasteiger partial charge in [0.25, 0.3) is 0 Å². The number of esters is 2. The molecule has 1 aromatic heterocycles. The normalized spacial score (nSPS) is 15.0. The quantitative estimate of drug-likeness (QED) is 0.0688. The maximum atomic E-state index is 13.5. The fourth-order valence-electron chi connectivity index (χ4n) is 7.09. The van der Waals surface area contributed by atoms with Crippen LogP contribution in [0.4, 0.5) is 0 Å². The number of aryl methyl sites for hydroxylation is 1. The minimum absolute atomic E-state index is 0.0637. The second kappa shape index (κ2) is 20.7.